The van der Waals surface area contributed by atoms with Gasteiger partial charge in [0.2, 0.25) is 0 Å². The van der Waals surface area contributed by atoms with E-state index in [0.717, 1.165) is 0 Å². The minimum atomic E-state index is -3.80. The summed E-state index contributed by atoms with van der Waals surface area (Å²) in [5.41, 5.74) is 3.17. The van der Waals surface area contributed by atoms with E-state index in [9.17, 15) is 23.3 Å². The van der Waals surface area contributed by atoms with E-state index in [0.29, 0.717) is 10.6 Å². The fourth-order valence-electron chi connectivity index (χ4n) is 2.47. The van der Waals surface area contributed by atoms with Crippen LogP contribution in [0.5, 0.6) is 0 Å². The predicted octanol–water partition coefficient (Wildman–Crippen LogP) is 3.81. The van der Waals surface area contributed by atoms with Gasteiger partial charge in [-0.05, 0) is 48.5 Å². The summed E-state index contributed by atoms with van der Waals surface area (Å²) in [7, 11) is -3.80. The number of carbonyl (C=O) groups excluding carboxylic acids is 1. The average Bonchev–Trinajstić information content (AvgIpc) is 2.74. The van der Waals surface area contributed by atoms with Crippen LogP contribution in [0.1, 0.15) is 15.9 Å². The van der Waals surface area contributed by atoms with Gasteiger partial charge in [-0.2, -0.15) is 5.10 Å². The highest BCUT2D eigenvalue weighted by Gasteiger charge is 2.14. The number of nitro benzene ring substituents is 1. The maximum Gasteiger partial charge on any atom is 0.271 e. The lowest BCUT2D eigenvalue weighted by molar-refractivity contribution is -0.384. The van der Waals surface area contributed by atoms with Gasteiger partial charge in [0.15, 0.2) is 0 Å². The molecule has 0 spiro atoms. The number of hydrogen-bond donors (Lipinski definition) is 2. The van der Waals surface area contributed by atoms with Gasteiger partial charge >= 0.3 is 0 Å². The molecule has 0 unspecified atom stereocenters. The minimum absolute atomic E-state index is 0.0502. The summed E-state index contributed by atoms with van der Waals surface area (Å²) in [4.78, 5) is 22.5. The van der Waals surface area contributed by atoms with Crippen molar-refractivity contribution >= 4 is 45.1 Å². The lowest BCUT2D eigenvalue weighted by Crippen LogP contribution is -2.18. The zero-order chi connectivity index (χ0) is 22.4. The number of anilines is 1. The SMILES string of the molecule is O=C(NN=Cc1cccc([N+](=O)[O-])c1)c1ccc(NS(=O)(=O)c2ccc(Cl)cc2)cc1. The molecule has 2 N–H and O–H groups in total. The molecule has 1 amide bonds. The van der Waals surface area contributed by atoms with Crippen LogP contribution in [0.25, 0.3) is 0 Å². The Labute approximate surface area is 182 Å². The van der Waals surface area contributed by atoms with Crippen LogP contribution in [0.3, 0.4) is 0 Å². The zero-order valence-corrected chi connectivity index (χ0v) is 17.3. The summed E-state index contributed by atoms with van der Waals surface area (Å²) in [6.07, 6.45) is 1.28. The maximum atomic E-state index is 12.4. The molecule has 0 fully saturated rings. The first kappa shape index (κ1) is 21.9. The van der Waals surface area contributed by atoms with Gasteiger partial charge < -0.3 is 0 Å². The fourth-order valence-corrected chi connectivity index (χ4v) is 3.65. The van der Waals surface area contributed by atoms with E-state index >= 15 is 0 Å². The first-order valence-electron chi connectivity index (χ1n) is 8.71. The van der Waals surface area contributed by atoms with E-state index in [-0.39, 0.29) is 21.8 Å². The molecule has 0 radical (unpaired) electrons. The van der Waals surface area contributed by atoms with Gasteiger partial charge in [0.1, 0.15) is 0 Å². The van der Waals surface area contributed by atoms with Crippen LogP contribution >= 0.6 is 11.6 Å². The van der Waals surface area contributed by atoms with E-state index in [2.05, 4.69) is 15.2 Å². The molecule has 0 heterocycles. The van der Waals surface area contributed by atoms with Crippen molar-refractivity contribution in [3.63, 3.8) is 0 Å². The van der Waals surface area contributed by atoms with Crippen molar-refractivity contribution in [1.82, 2.24) is 5.43 Å². The van der Waals surface area contributed by atoms with Crippen LogP contribution in [-0.2, 0) is 10.0 Å². The Morgan fingerprint density at radius 1 is 1.03 bits per heavy atom. The third-order valence-electron chi connectivity index (χ3n) is 3.98. The summed E-state index contributed by atoms with van der Waals surface area (Å²) < 4.78 is 27.2. The van der Waals surface area contributed by atoms with E-state index in [1.54, 1.807) is 6.07 Å². The largest absolute Gasteiger partial charge is 0.280 e. The van der Waals surface area contributed by atoms with Gasteiger partial charge in [0.25, 0.3) is 21.6 Å². The highest BCUT2D eigenvalue weighted by molar-refractivity contribution is 7.92. The van der Waals surface area contributed by atoms with Crippen molar-refractivity contribution in [2.24, 2.45) is 5.10 Å². The monoisotopic (exact) mass is 458 g/mol. The van der Waals surface area contributed by atoms with E-state index in [1.807, 2.05) is 0 Å². The zero-order valence-electron chi connectivity index (χ0n) is 15.7. The lowest BCUT2D eigenvalue weighted by Gasteiger charge is -2.08. The molecular formula is C20H15ClN4O5S. The second-order valence-electron chi connectivity index (χ2n) is 6.19. The maximum absolute atomic E-state index is 12.4. The molecule has 3 rings (SSSR count). The normalized spacial score (nSPS) is 11.3. The number of nitro groups is 1. The number of nitrogens with one attached hydrogen (secondary N) is 2. The van der Waals surface area contributed by atoms with Crippen molar-refractivity contribution in [3.05, 3.63) is 99.1 Å². The number of nitrogens with zero attached hydrogens (tertiary/aromatic N) is 2. The number of hydrogen-bond acceptors (Lipinski definition) is 6. The van der Waals surface area contributed by atoms with E-state index in [4.69, 9.17) is 11.6 Å². The summed E-state index contributed by atoms with van der Waals surface area (Å²) in [6, 6.07) is 17.2. The average molecular weight is 459 g/mol. The second kappa shape index (κ2) is 9.37. The molecule has 0 aromatic heterocycles. The van der Waals surface area contributed by atoms with Gasteiger partial charge in [0.05, 0.1) is 16.0 Å². The van der Waals surface area contributed by atoms with Gasteiger partial charge in [-0.1, -0.05) is 23.7 Å². The molecule has 158 valence electrons. The Kier molecular flexibility index (Phi) is 6.63. The van der Waals surface area contributed by atoms with Crippen LogP contribution in [-0.4, -0.2) is 25.5 Å². The molecule has 0 saturated heterocycles. The summed E-state index contributed by atoms with van der Waals surface area (Å²) >= 11 is 5.77. The second-order valence-corrected chi connectivity index (χ2v) is 8.31. The lowest BCUT2D eigenvalue weighted by atomic mass is 10.2. The predicted molar refractivity (Wildman–Crippen MR) is 117 cm³/mol. The summed E-state index contributed by atoms with van der Waals surface area (Å²) in [5, 5.41) is 15.0. The van der Waals surface area contributed by atoms with Crippen molar-refractivity contribution < 1.29 is 18.1 Å². The number of hydrazone groups is 1. The Morgan fingerprint density at radius 3 is 2.35 bits per heavy atom. The highest BCUT2D eigenvalue weighted by atomic mass is 35.5. The quantitative estimate of drug-likeness (QED) is 0.315. The highest BCUT2D eigenvalue weighted by Crippen LogP contribution is 2.19. The smallest absolute Gasteiger partial charge is 0.271 e. The molecule has 0 aliphatic rings. The molecule has 0 bridgehead atoms. The molecule has 0 aliphatic carbocycles. The number of rotatable bonds is 7. The molecule has 3 aromatic carbocycles. The van der Waals surface area contributed by atoms with Crippen LogP contribution in [0, 0.1) is 10.1 Å². The fraction of sp³-hybridized carbons (Fsp3) is 0. The third kappa shape index (κ3) is 5.87. The van der Waals surface area contributed by atoms with Crippen molar-refractivity contribution in [2.75, 3.05) is 4.72 Å². The van der Waals surface area contributed by atoms with Crippen LogP contribution < -0.4 is 10.1 Å². The first-order chi connectivity index (χ1) is 14.7. The number of benzene rings is 3. The Balaban J connectivity index is 1.63. The number of amides is 1. The first-order valence-corrected chi connectivity index (χ1v) is 10.6. The topological polar surface area (TPSA) is 131 Å². The Bertz CT molecular complexity index is 1240. The molecule has 0 aliphatic heterocycles. The van der Waals surface area contributed by atoms with Crippen LogP contribution in [0.2, 0.25) is 5.02 Å². The van der Waals surface area contributed by atoms with Gasteiger partial charge in [0, 0.05) is 34.0 Å². The number of non-ortho nitro benzene ring substituents is 1. The third-order valence-corrected chi connectivity index (χ3v) is 5.63. The molecule has 0 atom stereocenters. The molecule has 11 heteroatoms. The minimum Gasteiger partial charge on any atom is -0.280 e. The van der Waals surface area contributed by atoms with Crippen molar-refractivity contribution in [2.45, 2.75) is 4.90 Å². The summed E-state index contributed by atoms with van der Waals surface area (Å²) in [5.74, 6) is -0.534. The molecule has 0 saturated carbocycles. The van der Waals surface area contributed by atoms with Crippen molar-refractivity contribution in [1.29, 1.82) is 0 Å². The number of carbonyl (C=O) groups is 1. The number of halogens is 1. The van der Waals surface area contributed by atoms with Gasteiger partial charge in [-0.15, -0.1) is 0 Å². The van der Waals surface area contributed by atoms with Gasteiger partial charge in [-0.3, -0.25) is 19.6 Å². The van der Waals surface area contributed by atoms with Crippen LogP contribution in [0.4, 0.5) is 11.4 Å². The van der Waals surface area contributed by atoms with Gasteiger partial charge in [-0.25, -0.2) is 13.8 Å². The van der Waals surface area contributed by atoms with Crippen molar-refractivity contribution in [3.8, 4) is 0 Å². The molecular weight excluding hydrogens is 444 g/mol. The van der Waals surface area contributed by atoms with E-state index in [1.165, 1.54) is 72.9 Å². The molecule has 31 heavy (non-hydrogen) atoms. The Morgan fingerprint density at radius 2 is 1.71 bits per heavy atom. The molecule has 9 nitrogen and oxygen atoms in total. The number of sulfonamides is 1. The van der Waals surface area contributed by atoms with Crippen LogP contribution in [0.15, 0.2) is 82.8 Å². The Hall–Kier alpha value is -3.76. The standard InChI is InChI=1S/C20H15ClN4O5S/c21-16-6-10-19(11-7-16)31(29,30)24-17-8-4-15(5-9-17)20(26)23-22-13-14-2-1-3-18(12-14)25(27)28/h1-13,24H,(H,23,26). The summed E-state index contributed by atoms with van der Waals surface area (Å²) in [6.45, 7) is 0. The molecule has 3 aromatic rings. The van der Waals surface area contributed by atoms with E-state index < -0.39 is 20.9 Å².